The fourth-order valence-corrected chi connectivity index (χ4v) is 2.88. The number of fused-ring (bicyclic) bond motifs is 2. The molecule has 2 heterocycles. The minimum absolute atomic E-state index is 0.121. The number of rotatable bonds is 2. The van der Waals surface area contributed by atoms with Crippen LogP contribution in [-0.4, -0.2) is 17.7 Å². The first-order valence-electron chi connectivity index (χ1n) is 7.87. The summed E-state index contributed by atoms with van der Waals surface area (Å²) in [7, 11) is 0. The normalized spacial score (nSPS) is 12.4. The SMILES string of the molecule is Cc1c(C)c2ccc(NC(=O)c3ccc4c(c3)OCO4)cc2[nH]c1=O. The molecule has 6 nitrogen and oxygen atoms in total. The maximum absolute atomic E-state index is 12.5. The standard InChI is InChI=1S/C19H16N2O4/c1-10-11(2)18(22)21-15-8-13(4-5-14(10)15)20-19(23)12-3-6-16-17(7-12)25-9-24-16/h3-8H,9H2,1-2H3,(H,20,23)(H,21,22). The number of pyridine rings is 1. The molecular formula is C19H16N2O4. The first-order chi connectivity index (χ1) is 12.0. The minimum atomic E-state index is -0.260. The summed E-state index contributed by atoms with van der Waals surface area (Å²) < 4.78 is 10.5. The summed E-state index contributed by atoms with van der Waals surface area (Å²) in [4.78, 5) is 27.2. The van der Waals surface area contributed by atoms with E-state index in [1.807, 2.05) is 19.1 Å². The molecule has 0 unspecified atom stereocenters. The fourth-order valence-electron chi connectivity index (χ4n) is 2.88. The van der Waals surface area contributed by atoms with E-state index in [9.17, 15) is 9.59 Å². The molecule has 3 aromatic rings. The van der Waals surface area contributed by atoms with Gasteiger partial charge in [0.05, 0.1) is 5.52 Å². The van der Waals surface area contributed by atoms with Crippen molar-refractivity contribution in [3.63, 3.8) is 0 Å². The molecule has 2 aromatic carbocycles. The lowest BCUT2D eigenvalue weighted by Crippen LogP contribution is -2.13. The van der Waals surface area contributed by atoms with Crippen molar-refractivity contribution >= 4 is 22.5 Å². The second kappa shape index (κ2) is 5.66. The maximum atomic E-state index is 12.5. The average molecular weight is 336 g/mol. The van der Waals surface area contributed by atoms with Crippen molar-refractivity contribution in [2.24, 2.45) is 0 Å². The van der Waals surface area contributed by atoms with Gasteiger partial charge in [0.15, 0.2) is 11.5 Å². The number of hydrogen-bond donors (Lipinski definition) is 2. The highest BCUT2D eigenvalue weighted by atomic mass is 16.7. The molecule has 0 aliphatic carbocycles. The van der Waals surface area contributed by atoms with Gasteiger partial charge in [-0.1, -0.05) is 6.07 Å². The largest absolute Gasteiger partial charge is 0.454 e. The number of aromatic nitrogens is 1. The van der Waals surface area contributed by atoms with Gasteiger partial charge in [-0.3, -0.25) is 9.59 Å². The lowest BCUT2D eigenvalue weighted by Gasteiger charge is -2.09. The monoisotopic (exact) mass is 336 g/mol. The van der Waals surface area contributed by atoms with Crippen LogP contribution in [0.2, 0.25) is 0 Å². The Morgan fingerprint density at radius 2 is 1.84 bits per heavy atom. The van der Waals surface area contributed by atoms with Crippen LogP contribution >= 0.6 is 0 Å². The Bertz CT molecular complexity index is 1070. The summed E-state index contributed by atoms with van der Waals surface area (Å²) >= 11 is 0. The van der Waals surface area contributed by atoms with Gasteiger partial charge < -0.3 is 19.8 Å². The topological polar surface area (TPSA) is 80.4 Å². The zero-order chi connectivity index (χ0) is 17.6. The summed E-state index contributed by atoms with van der Waals surface area (Å²) in [5, 5.41) is 3.79. The van der Waals surface area contributed by atoms with Crippen LogP contribution < -0.4 is 20.3 Å². The molecule has 4 rings (SSSR count). The number of carbonyl (C=O) groups excluding carboxylic acids is 1. The van der Waals surface area contributed by atoms with Gasteiger partial charge in [-0.25, -0.2) is 0 Å². The number of aromatic amines is 1. The molecule has 0 bridgehead atoms. The Kier molecular flexibility index (Phi) is 3.46. The molecule has 1 aliphatic rings. The molecule has 2 N–H and O–H groups in total. The number of amides is 1. The van der Waals surface area contributed by atoms with Crippen LogP contribution in [0.1, 0.15) is 21.5 Å². The lowest BCUT2D eigenvalue weighted by molar-refractivity contribution is 0.102. The predicted octanol–water partition coefficient (Wildman–Crippen LogP) is 3.13. The second-order valence-electron chi connectivity index (χ2n) is 5.99. The van der Waals surface area contributed by atoms with Crippen LogP contribution in [0.25, 0.3) is 10.9 Å². The van der Waals surface area contributed by atoms with E-state index < -0.39 is 0 Å². The van der Waals surface area contributed by atoms with Crippen molar-refractivity contribution in [2.45, 2.75) is 13.8 Å². The van der Waals surface area contributed by atoms with E-state index in [0.29, 0.717) is 33.8 Å². The minimum Gasteiger partial charge on any atom is -0.454 e. The maximum Gasteiger partial charge on any atom is 0.255 e. The van der Waals surface area contributed by atoms with E-state index >= 15 is 0 Å². The summed E-state index contributed by atoms with van der Waals surface area (Å²) in [6.07, 6.45) is 0. The first-order valence-corrected chi connectivity index (χ1v) is 7.87. The molecule has 126 valence electrons. The van der Waals surface area contributed by atoms with Crippen LogP contribution in [0.4, 0.5) is 5.69 Å². The van der Waals surface area contributed by atoms with Gasteiger partial charge in [0.2, 0.25) is 6.79 Å². The molecule has 1 aromatic heterocycles. The quantitative estimate of drug-likeness (QED) is 0.753. The summed E-state index contributed by atoms with van der Waals surface area (Å²) in [6, 6.07) is 10.5. The van der Waals surface area contributed by atoms with Crippen LogP contribution in [0.5, 0.6) is 11.5 Å². The van der Waals surface area contributed by atoms with Crippen molar-refractivity contribution in [2.75, 3.05) is 12.1 Å². The Morgan fingerprint density at radius 3 is 2.68 bits per heavy atom. The van der Waals surface area contributed by atoms with E-state index in [-0.39, 0.29) is 18.3 Å². The molecular weight excluding hydrogens is 320 g/mol. The van der Waals surface area contributed by atoms with E-state index in [1.165, 1.54) is 0 Å². The van der Waals surface area contributed by atoms with Crippen LogP contribution in [0, 0.1) is 13.8 Å². The van der Waals surface area contributed by atoms with E-state index in [0.717, 1.165) is 10.9 Å². The van der Waals surface area contributed by atoms with Crippen LogP contribution in [0.3, 0.4) is 0 Å². The van der Waals surface area contributed by atoms with Crippen LogP contribution in [0.15, 0.2) is 41.2 Å². The molecule has 0 fully saturated rings. The van der Waals surface area contributed by atoms with Gasteiger partial charge >= 0.3 is 0 Å². The molecule has 0 spiro atoms. The van der Waals surface area contributed by atoms with Gasteiger partial charge in [0, 0.05) is 22.2 Å². The Balaban J connectivity index is 1.65. The second-order valence-corrected chi connectivity index (χ2v) is 5.99. The molecule has 0 saturated heterocycles. The van der Waals surface area contributed by atoms with E-state index in [1.54, 1.807) is 31.2 Å². The molecule has 6 heteroatoms. The van der Waals surface area contributed by atoms with Crippen LogP contribution in [-0.2, 0) is 0 Å². The van der Waals surface area contributed by atoms with E-state index in [2.05, 4.69) is 10.3 Å². The number of ether oxygens (including phenoxy) is 2. The third-order valence-electron chi connectivity index (χ3n) is 4.47. The van der Waals surface area contributed by atoms with E-state index in [4.69, 9.17) is 9.47 Å². The lowest BCUT2D eigenvalue weighted by atomic mass is 10.1. The average Bonchev–Trinajstić information content (AvgIpc) is 3.07. The van der Waals surface area contributed by atoms with Crippen molar-refractivity contribution in [3.05, 3.63) is 63.4 Å². The zero-order valence-corrected chi connectivity index (χ0v) is 13.8. The van der Waals surface area contributed by atoms with Crippen molar-refractivity contribution in [3.8, 4) is 11.5 Å². The first kappa shape index (κ1) is 15.3. The molecule has 25 heavy (non-hydrogen) atoms. The number of anilines is 1. The number of carbonyl (C=O) groups is 1. The van der Waals surface area contributed by atoms with Gasteiger partial charge in [-0.2, -0.15) is 0 Å². The predicted molar refractivity (Wildman–Crippen MR) is 94.6 cm³/mol. The molecule has 0 atom stereocenters. The third-order valence-corrected chi connectivity index (χ3v) is 4.47. The Morgan fingerprint density at radius 1 is 1.04 bits per heavy atom. The number of hydrogen-bond acceptors (Lipinski definition) is 4. The number of nitrogens with one attached hydrogen (secondary N) is 2. The van der Waals surface area contributed by atoms with Crippen molar-refractivity contribution < 1.29 is 14.3 Å². The zero-order valence-electron chi connectivity index (χ0n) is 13.8. The summed E-state index contributed by atoms with van der Waals surface area (Å²) in [5.74, 6) is 0.927. The number of aryl methyl sites for hydroxylation is 1. The smallest absolute Gasteiger partial charge is 0.255 e. The Hall–Kier alpha value is -3.28. The van der Waals surface area contributed by atoms with Gasteiger partial charge in [0.25, 0.3) is 11.5 Å². The molecule has 1 amide bonds. The highest BCUT2D eigenvalue weighted by Crippen LogP contribution is 2.32. The highest BCUT2D eigenvalue weighted by molar-refractivity contribution is 6.05. The summed E-state index contributed by atoms with van der Waals surface area (Å²) in [6.45, 7) is 3.87. The molecule has 1 aliphatic heterocycles. The Labute approximate surface area is 143 Å². The number of benzene rings is 2. The molecule has 0 saturated carbocycles. The van der Waals surface area contributed by atoms with Gasteiger partial charge in [-0.05, 0) is 49.7 Å². The van der Waals surface area contributed by atoms with Gasteiger partial charge in [0.1, 0.15) is 0 Å². The van der Waals surface area contributed by atoms with Gasteiger partial charge in [-0.15, -0.1) is 0 Å². The highest BCUT2D eigenvalue weighted by Gasteiger charge is 2.16. The number of H-pyrrole nitrogens is 1. The summed E-state index contributed by atoms with van der Waals surface area (Å²) in [5.41, 5.74) is 3.28. The third kappa shape index (κ3) is 2.61. The van der Waals surface area contributed by atoms with Crippen molar-refractivity contribution in [1.82, 2.24) is 4.98 Å². The molecule has 0 radical (unpaired) electrons. The van der Waals surface area contributed by atoms with Crippen molar-refractivity contribution in [1.29, 1.82) is 0 Å². The fraction of sp³-hybridized carbons (Fsp3) is 0.158.